The molecule has 1 aliphatic heterocycles. The second-order valence-corrected chi connectivity index (χ2v) is 10.5. The number of fused-ring (bicyclic) bond motifs is 1. The Morgan fingerprint density at radius 1 is 1.02 bits per heavy atom. The Labute approximate surface area is 237 Å². The maximum atomic E-state index is 13.8. The monoisotopic (exact) mass is 566 g/mol. The number of hydrogen-bond donors (Lipinski definition) is 3. The van der Waals surface area contributed by atoms with Crippen LogP contribution in [0.25, 0.3) is 16.6 Å². The molecular formula is C30H33ClF2N6O. The molecule has 0 aliphatic carbocycles. The van der Waals surface area contributed by atoms with Crippen LogP contribution < -0.4 is 16.0 Å². The van der Waals surface area contributed by atoms with Crippen LogP contribution in [0.4, 0.5) is 20.2 Å². The Morgan fingerprint density at radius 3 is 2.50 bits per heavy atom. The molecule has 1 amide bonds. The number of nitrogens with one attached hydrogen (secondary N) is 3. The number of hydrogen-bond acceptors (Lipinski definition) is 5. The third kappa shape index (κ3) is 6.54. The molecule has 4 aromatic rings. The molecule has 5 rings (SSSR count). The minimum Gasteiger partial charge on any atom is -0.368 e. The van der Waals surface area contributed by atoms with Crippen LogP contribution in [0.1, 0.15) is 42.1 Å². The summed E-state index contributed by atoms with van der Waals surface area (Å²) in [5.41, 5.74) is 3.51. The fourth-order valence-electron chi connectivity index (χ4n) is 5.03. The summed E-state index contributed by atoms with van der Waals surface area (Å²) in [6, 6.07) is 14.1. The lowest BCUT2D eigenvalue weighted by molar-refractivity contribution is 0.0176. The largest absolute Gasteiger partial charge is 0.368 e. The van der Waals surface area contributed by atoms with E-state index >= 15 is 0 Å². The molecular weight excluding hydrogens is 534 g/mol. The molecule has 1 saturated heterocycles. The number of carbonyl (C=O) groups is 1. The minimum absolute atomic E-state index is 0.0347. The normalized spacial score (nSPS) is 14.3. The van der Waals surface area contributed by atoms with Crippen molar-refractivity contribution in [3.8, 4) is 5.69 Å². The summed E-state index contributed by atoms with van der Waals surface area (Å²) in [4.78, 5) is 19.8. The molecule has 10 heteroatoms. The van der Waals surface area contributed by atoms with E-state index in [4.69, 9.17) is 11.6 Å². The van der Waals surface area contributed by atoms with Crippen LogP contribution in [0.5, 0.6) is 0 Å². The number of benzene rings is 2. The van der Waals surface area contributed by atoms with Gasteiger partial charge in [-0.2, -0.15) is 0 Å². The standard InChI is InChI=1S/C30H33ClF2N6O/c1-30(32,33)26-17-22(7-10-27(26)31)37-20-36-21-5-8-23(9-6-21)39-19-25(24-11-12-34-18-28(24)39)29(40)35-13-16-38-14-3-2-4-15-38/h5-12,17-19,36-37H,2-4,13-16,20H2,1H3,(H,35,40). The second-order valence-electron chi connectivity index (χ2n) is 10.1. The molecule has 2 aromatic heterocycles. The summed E-state index contributed by atoms with van der Waals surface area (Å²) in [6.45, 7) is 4.83. The van der Waals surface area contributed by atoms with Gasteiger partial charge in [-0.3, -0.25) is 9.78 Å². The summed E-state index contributed by atoms with van der Waals surface area (Å²) in [5.74, 6) is -3.12. The van der Waals surface area contributed by atoms with Crippen molar-refractivity contribution in [3.63, 3.8) is 0 Å². The molecule has 2 aromatic carbocycles. The number of piperidine rings is 1. The van der Waals surface area contributed by atoms with Crippen molar-refractivity contribution in [1.82, 2.24) is 19.8 Å². The summed E-state index contributed by atoms with van der Waals surface area (Å²) in [5, 5.41) is 10.3. The van der Waals surface area contributed by atoms with Gasteiger partial charge in [0.05, 0.1) is 23.9 Å². The van der Waals surface area contributed by atoms with Crippen molar-refractivity contribution in [2.24, 2.45) is 0 Å². The lowest BCUT2D eigenvalue weighted by Crippen LogP contribution is -2.37. The highest BCUT2D eigenvalue weighted by molar-refractivity contribution is 6.31. The van der Waals surface area contributed by atoms with Crippen LogP contribution in [0.2, 0.25) is 5.02 Å². The van der Waals surface area contributed by atoms with Crippen molar-refractivity contribution in [1.29, 1.82) is 0 Å². The van der Waals surface area contributed by atoms with Crippen LogP contribution in [-0.2, 0) is 5.92 Å². The van der Waals surface area contributed by atoms with Gasteiger partial charge in [0.1, 0.15) is 0 Å². The predicted octanol–water partition coefficient (Wildman–Crippen LogP) is 6.49. The quantitative estimate of drug-likeness (QED) is 0.191. The maximum Gasteiger partial charge on any atom is 0.272 e. The molecule has 3 N–H and O–H groups in total. The number of carbonyl (C=O) groups excluding carboxylic acids is 1. The third-order valence-corrected chi connectivity index (χ3v) is 7.51. The van der Waals surface area contributed by atoms with E-state index in [0.717, 1.165) is 48.8 Å². The zero-order valence-corrected chi connectivity index (χ0v) is 23.1. The van der Waals surface area contributed by atoms with Crippen LogP contribution >= 0.6 is 11.6 Å². The van der Waals surface area contributed by atoms with Gasteiger partial charge in [-0.1, -0.05) is 18.0 Å². The zero-order valence-electron chi connectivity index (χ0n) is 22.4. The first-order valence-electron chi connectivity index (χ1n) is 13.5. The molecule has 0 saturated carbocycles. The van der Waals surface area contributed by atoms with Gasteiger partial charge in [0.2, 0.25) is 0 Å². The number of alkyl halides is 2. The van der Waals surface area contributed by atoms with Gasteiger partial charge in [-0.15, -0.1) is 0 Å². The van der Waals surface area contributed by atoms with Crippen LogP contribution in [0, 0.1) is 0 Å². The summed E-state index contributed by atoms with van der Waals surface area (Å²) in [7, 11) is 0. The summed E-state index contributed by atoms with van der Waals surface area (Å²) >= 11 is 5.93. The fourth-order valence-corrected chi connectivity index (χ4v) is 5.32. The van der Waals surface area contributed by atoms with E-state index < -0.39 is 5.92 Å². The van der Waals surface area contributed by atoms with E-state index in [0.29, 0.717) is 24.5 Å². The van der Waals surface area contributed by atoms with Crippen molar-refractivity contribution >= 4 is 39.8 Å². The van der Waals surface area contributed by atoms with Gasteiger partial charge >= 0.3 is 0 Å². The fraction of sp³-hybridized carbons (Fsp3) is 0.333. The summed E-state index contributed by atoms with van der Waals surface area (Å²) in [6.07, 6.45) is 9.05. The molecule has 1 fully saturated rings. The van der Waals surface area contributed by atoms with Gasteiger partial charge in [0.25, 0.3) is 11.8 Å². The first-order valence-corrected chi connectivity index (χ1v) is 13.9. The molecule has 210 valence electrons. The molecule has 0 radical (unpaired) electrons. The molecule has 0 bridgehead atoms. The molecule has 3 heterocycles. The van der Waals surface area contributed by atoms with E-state index in [2.05, 4.69) is 25.8 Å². The molecule has 7 nitrogen and oxygen atoms in total. The first-order chi connectivity index (χ1) is 19.3. The van der Waals surface area contributed by atoms with Gasteiger partial charge in [-0.05, 0) is 74.5 Å². The Bertz CT molecular complexity index is 1460. The Balaban J connectivity index is 1.23. The van der Waals surface area contributed by atoms with E-state index in [9.17, 15) is 13.6 Å². The number of rotatable bonds is 10. The topological polar surface area (TPSA) is 74.2 Å². The van der Waals surface area contributed by atoms with Gasteiger partial charge in [0, 0.05) is 65.4 Å². The minimum atomic E-state index is -3.02. The van der Waals surface area contributed by atoms with Gasteiger partial charge in [0.15, 0.2) is 0 Å². The number of amides is 1. The van der Waals surface area contributed by atoms with Gasteiger partial charge < -0.3 is 25.4 Å². The lowest BCUT2D eigenvalue weighted by atomic mass is 10.1. The molecule has 0 spiro atoms. The van der Waals surface area contributed by atoms with Crippen LogP contribution in [0.15, 0.2) is 67.1 Å². The molecule has 1 aliphatic rings. The number of anilines is 2. The number of nitrogens with zero attached hydrogens (tertiary/aromatic N) is 3. The summed E-state index contributed by atoms with van der Waals surface area (Å²) < 4.78 is 29.5. The Morgan fingerprint density at radius 2 is 1.75 bits per heavy atom. The number of pyridine rings is 1. The first kappa shape index (κ1) is 27.9. The highest BCUT2D eigenvalue weighted by Gasteiger charge is 2.27. The third-order valence-electron chi connectivity index (χ3n) is 7.18. The average Bonchev–Trinajstić information content (AvgIpc) is 3.34. The molecule has 0 unspecified atom stereocenters. The van der Waals surface area contributed by atoms with Crippen molar-refractivity contribution in [3.05, 3.63) is 83.3 Å². The smallest absolute Gasteiger partial charge is 0.272 e. The Hall–Kier alpha value is -3.69. The van der Waals surface area contributed by atoms with Crippen LogP contribution in [-0.4, -0.2) is 53.2 Å². The highest BCUT2D eigenvalue weighted by atomic mass is 35.5. The van der Waals surface area contributed by atoms with Crippen LogP contribution in [0.3, 0.4) is 0 Å². The SMILES string of the molecule is CC(F)(F)c1cc(NCNc2ccc(-n3cc(C(=O)NCCN4CCCCC4)c4ccncc43)cc2)ccc1Cl. The molecule has 0 atom stereocenters. The predicted molar refractivity (Wildman–Crippen MR) is 157 cm³/mol. The van der Waals surface area contributed by atoms with Gasteiger partial charge in [-0.25, -0.2) is 8.78 Å². The average molecular weight is 567 g/mol. The number of halogens is 3. The number of likely N-dealkylation sites (tertiary alicyclic amines) is 1. The van der Waals surface area contributed by atoms with Crippen molar-refractivity contribution in [2.75, 3.05) is 43.5 Å². The lowest BCUT2D eigenvalue weighted by Gasteiger charge is -2.26. The van der Waals surface area contributed by atoms with E-state index in [-0.39, 0.29) is 16.5 Å². The maximum absolute atomic E-state index is 13.8. The van der Waals surface area contributed by atoms with Crippen molar-refractivity contribution in [2.45, 2.75) is 32.1 Å². The van der Waals surface area contributed by atoms with E-state index in [1.807, 2.05) is 41.1 Å². The Kier molecular flexibility index (Phi) is 8.52. The highest BCUT2D eigenvalue weighted by Crippen LogP contribution is 2.34. The zero-order chi connectivity index (χ0) is 28.1. The van der Waals surface area contributed by atoms with E-state index in [1.54, 1.807) is 18.5 Å². The second kappa shape index (κ2) is 12.2. The molecule has 40 heavy (non-hydrogen) atoms. The van der Waals surface area contributed by atoms with Crippen molar-refractivity contribution < 1.29 is 13.6 Å². The van der Waals surface area contributed by atoms with E-state index in [1.165, 1.54) is 31.4 Å². The number of aromatic nitrogens is 2.